The average molecular weight is 418 g/mol. The second-order valence-corrected chi connectivity index (χ2v) is 6.55. The monoisotopic (exact) mass is 418 g/mol. The van der Waals surface area contributed by atoms with Gasteiger partial charge in [0.1, 0.15) is 17.2 Å². The van der Waals surface area contributed by atoms with Crippen molar-refractivity contribution in [1.82, 2.24) is 10.3 Å². The van der Waals surface area contributed by atoms with Gasteiger partial charge in [-0.25, -0.2) is 4.79 Å². The maximum atomic E-state index is 12.9. The number of carbonyl (C=O) groups excluding carboxylic acids is 3. The van der Waals surface area contributed by atoms with Crippen molar-refractivity contribution in [3.63, 3.8) is 0 Å². The minimum atomic E-state index is -0.915. The lowest BCUT2D eigenvalue weighted by Gasteiger charge is -2.13. The molecule has 162 valence electrons. The lowest BCUT2D eigenvalue weighted by atomic mass is 9.97. The van der Waals surface area contributed by atoms with Crippen LogP contribution in [0.1, 0.15) is 40.4 Å². The topological polar surface area (TPSA) is 127 Å². The number of aliphatic hydroxyl groups is 1. The lowest BCUT2D eigenvalue weighted by molar-refractivity contribution is -0.117. The van der Waals surface area contributed by atoms with Gasteiger partial charge in [0.05, 0.1) is 32.5 Å². The summed E-state index contributed by atoms with van der Waals surface area (Å²) in [6, 6.07) is 4.89. The molecule has 0 saturated carbocycles. The number of carbonyl (C=O) groups is 3. The molecule has 1 aromatic heterocycles. The predicted molar refractivity (Wildman–Crippen MR) is 109 cm³/mol. The van der Waals surface area contributed by atoms with Gasteiger partial charge in [-0.05, 0) is 32.9 Å². The number of aromatic amines is 1. The number of aromatic nitrogens is 1. The van der Waals surface area contributed by atoms with E-state index in [0.29, 0.717) is 22.8 Å². The summed E-state index contributed by atoms with van der Waals surface area (Å²) in [5.41, 5.74) is 1.03. The van der Waals surface area contributed by atoms with E-state index < -0.39 is 23.8 Å². The molecule has 0 aliphatic rings. The maximum Gasteiger partial charge on any atom is 0.340 e. The smallest absolute Gasteiger partial charge is 0.340 e. The van der Waals surface area contributed by atoms with Crippen LogP contribution in [0.4, 0.5) is 0 Å². The van der Waals surface area contributed by atoms with Gasteiger partial charge in [0.25, 0.3) is 11.7 Å². The van der Waals surface area contributed by atoms with Crippen LogP contribution in [-0.2, 0) is 9.53 Å². The molecule has 9 nitrogen and oxygen atoms in total. The fourth-order valence-electron chi connectivity index (χ4n) is 2.96. The number of aliphatic hydroxyl groups excluding tert-OH is 1. The Bertz CT molecular complexity index is 947. The highest BCUT2D eigenvalue weighted by atomic mass is 16.5. The van der Waals surface area contributed by atoms with E-state index in [1.54, 1.807) is 32.0 Å². The van der Waals surface area contributed by atoms with Crippen LogP contribution in [0, 0.1) is 6.92 Å². The number of methoxy groups -OCH3 is 2. The number of benzene rings is 1. The number of nitrogens with one attached hydrogen (secondary N) is 2. The molecule has 1 atom stereocenters. The van der Waals surface area contributed by atoms with Crippen LogP contribution in [-0.4, -0.2) is 61.2 Å². The highest BCUT2D eigenvalue weighted by Gasteiger charge is 2.31. The normalized spacial score (nSPS) is 11.5. The fraction of sp³-hybridized carbons (Fsp3) is 0.381. The van der Waals surface area contributed by atoms with Crippen molar-refractivity contribution in [3.8, 4) is 22.6 Å². The molecular formula is C21H26N2O7. The molecule has 0 saturated heterocycles. The Kier molecular flexibility index (Phi) is 7.60. The van der Waals surface area contributed by atoms with E-state index in [2.05, 4.69) is 10.3 Å². The summed E-state index contributed by atoms with van der Waals surface area (Å²) < 4.78 is 15.8. The van der Waals surface area contributed by atoms with Gasteiger partial charge in [0, 0.05) is 29.4 Å². The molecule has 0 aliphatic carbocycles. The molecule has 2 rings (SSSR count). The van der Waals surface area contributed by atoms with Gasteiger partial charge in [-0.1, -0.05) is 0 Å². The van der Waals surface area contributed by atoms with Crippen LogP contribution in [0.5, 0.6) is 11.5 Å². The molecule has 1 amide bonds. The van der Waals surface area contributed by atoms with Crippen LogP contribution in [0.15, 0.2) is 18.2 Å². The van der Waals surface area contributed by atoms with Crippen molar-refractivity contribution in [2.45, 2.75) is 26.9 Å². The first-order valence-corrected chi connectivity index (χ1v) is 9.37. The van der Waals surface area contributed by atoms with Gasteiger partial charge in [0.2, 0.25) is 0 Å². The Morgan fingerprint density at radius 3 is 2.47 bits per heavy atom. The standard InChI is InChI=1S/C21H26N2O7/c1-6-30-21(27)16-12(3)23-18(19(25)20(26)22-10-11(2)24)17(16)14-8-7-13(28-4)9-15(14)29-5/h7-9,11,23-24H,6,10H2,1-5H3,(H,22,26)/t11-/m1/s1. The average Bonchev–Trinajstić information content (AvgIpc) is 3.07. The number of rotatable bonds is 9. The van der Waals surface area contributed by atoms with E-state index in [0.717, 1.165) is 0 Å². The van der Waals surface area contributed by atoms with Gasteiger partial charge >= 0.3 is 5.97 Å². The van der Waals surface area contributed by atoms with Gasteiger partial charge < -0.3 is 29.6 Å². The molecule has 30 heavy (non-hydrogen) atoms. The molecule has 0 bridgehead atoms. The third kappa shape index (κ3) is 4.80. The van der Waals surface area contributed by atoms with E-state index in [1.807, 2.05) is 0 Å². The number of H-pyrrole nitrogens is 1. The Hall–Kier alpha value is -3.33. The minimum Gasteiger partial charge on any atom is -0.497 e. The largest absolute Gasteiger partial charge is 0.497 e. The lowest BCUT2D eigenvalue weighted by Crippen LogP contribution is -2.36. The van der Waals surface area contributed by atoms with Crippen LogP contribution in [0.2, 0.25) is 0 Å². The zero-order chi connectivity index (χ0) is 22.4. The van der Waals surface area contributed by atoms with E-state index in [-0.39, 0.29) is 30.0 Å². The Labute approximate surface area is 174 Å². The van der Waals surface area contributed by atoms with Crippen LogP contribution in [0.25, 0.3) is 11.1 Å². The summed E-state index contributed by atoms with van der Waals surface area (Å²) in [4.78, 5) is 40.7. The summed E-state index contributed by atoms with van der Waals surface area (Å²) in [7, 11) is 2.94. The van der Waals surface area contributed by atoms with E-state index in [4.69, 9.17) is 14.2 Å². The van der Waals surface area contributed by atoms with Gasteiger partial charge in [-0.2, -0.15) is 0 Å². The molecule has 1 aromatic carbocycles. The first-order chi connectivity index (χ1) is 14.2. The first kappa shape index (κ1) is 23.0. The number of ketones is 1. The molecule has 0 spiro atoms. The molecular weight excluding hydrogens is 392 g/mol. The molecule has 0 aliphatic heterocycles. The number of Topliss-reactive ketones (excluding diaryl/α,β-unsaturated/α-hetero) is 1. The zero-order valence-corrected chi connectivity index (χ0v) is 17.6. The van der Waals surface area contributed by atoms with Crippen molar-refractivity contribution in [2.75, 3.05) is 27.4 Å². The summed E-state index contributed by atoms with van der Waals surface area (Å²) in [5, 5.41) is 11.7. The number of aryl methyl sites for hydroxylation is 1. The summed E-state index contributed by atoms with van der Waals surface area (Å²) in [6.07, 6.45) is -0.816. The highest BCUT2D eigenvalue weighted by Crippen LogP contribution is 2.39. The van der Waals surface area contributed by atoms with Crippen molar-refractivity contribution in [3.05, 3.63) is 35.2 Å². The number of hydrogen-bond donors (Lipinski definition) is 3. The third-order valence-electron chi connectivity index (χ3n) is 4.34. The zero-order valence-electron chi connectivity index (χ0n) is 17.6. The maximum absolute atomic E-state index is 12.9. The summed E-state index contributed by atoms with van der Waals surface area (Å²) in [6.45, 7) is 4.81. The molecule has 1 heterocycles. The Balaban J connectivity index is 2.68. The first-order valence-electron chi connectivity index (χ1n) is 9.37. The number of hydrogen-bond acceptors (Lipinski definition) is 7. The van der Waals surface area contributed by atoms with Crippen LogP contribution < -0.4 is 14.8 Å². The van der Waals surface area contributed by atoms with E-state index in [9.17, 15) is 19.5 Å². The van der Waals surface area contributed by atoms with E-state index >= 15 is 0 Å². The van der Waals surface area contributed by atoms with E-state index in [1.165, 1.54) is 21.1 Å². The second-order valence-electron chi connectivity index (χ2n) is 6.55. The Morgan fingerprint density at radius 1 is 1.20 bits per heavy atom. The van der Waals surface area contributed by atoms with Crippen molar-refractivity contribution < 1.29 is 33.7 Å². The van der Waals surface area contributed by atoms with Gasteiger partial charge in [0.15, 0.2) is 0 Å². The van der Waals surface area contributed by atoms with Gasteiger partial charge in [-0.3, -0.25) is 9.59 Å². The molecule has 0 fully saturated rings. The fourth-order valence-corrected chi connectivity index (χ4v) is 2.96. The molecule has 3 N–H and O–H groups in total. The van der Waals surface area contributed by atoms with Crippen LogP contribution in [0.3, 0.4) is 0 Å². The van der Waals surface area contributed by atoms with Crippen molar-refractivity contribution in [2.24, 2.45) is 0 Å². The summed E-state index contributed by atoms with van der Waals surface area (Å²) in [5.74, 6) is -1.58. The summed E-state index contributed by atoms with van der Waals surface area (Å²) >= 11 is 0. The van der Waals surface area contributed by atoms with Crippen molar-refractivity contribution in [1.29, 1.82) is 0 Å². The highest BCUT2D eigenvalue weighted by molar-refractivity contribution is 6.44. The molecule has 2 aromatic rings. The SMILES string of the molecule is CCOC(=O)c1c(C)[nH]c(C(=O)C(=O)NC[C@@H](C)O)c1-c1ccc(OC)cc1OC. The third-order valence-corrected chi connectivity index (χ3v) is 4.34. The van der Waals surface area contributed by atoms with Gasteiger partial charge in [-0.15, -0.1) is 0 Å². The Morgan fingerprint density at radius 2 is 1.90 bits per heavy atom. The molecule has 0 radical (unpaired) electrons. The molecule has 9 heteroatoms. The van der Waals surface area contributed by atoms with Crippen molar-refractivity contribution >= 4 is 17.7 Å². The second kappa shape index (κ2) is 9.93. The predicted octanol–water partition coefficient (Wildman–Crippen LogP) is 1.86. The minimum absolute atomic E-state index is 0.0814. The number of ether oxygens (including phenoxy) is 3. The van der Waals surface area contributed by atoms with Crippen LogP contribution >= 0.6 is 0 Å². The molecule has 0 unspecified atom stereocenters. The number of amides is 1. The number of esters is 1. The quantitative estimate of drug-likeness (QED) is 0.322.